The summed E-state index contributed by atoms with van der Waals surface area (Å²) in [4.78, 5) is 2.22. The summed E-state index contributed by atoms with van der Waals surface area (Å²) in [6.45, 7) is 9.25. The average Bonchev–Trinajstić information content (AvgIpc) is 2.44. The summed E-state index contributed by atoms with van der Waals surface area (Å²) in [6, 6.07) is 0.162. The molecule has 10 heavy (non-hydrogen) atoms. The van der Waals surface area contributed by atoms with Gasteiger partial charge in [-0.3, -0.25) is 4.90 Å². The molecule has 0 saturated carbocycles. The maximum atomic E-state index is 8.86. The van der Waals surface area contributed by atoms with E-state index in [4.69, 9.17) is 5.11 Å². The second kappa shape index (κ2) is 2.36. The fraction of sp³-hybridized carbons (Fsp3) is 0.750. The Morgan fingerprint density at radius 1 is 1.80 bits per heavy atom. The third-order valence-corrected chi connectivity index (χ3v) is 2.09. The van der Waals surface area contributed by atoms with Crippen molar-refractivity contribution in [2.24, 2.45) is 0 Å². The van der Waals surface area contributed by atoms with Gasteiger partial charge in [0.15, 0.2) is 0 Å². The molecule has 1 rings (SSSR count). The maximum Gasteiger partial charge on any atom is 0.0622 e. The predicted molar refractivity (Wildman–Crippen MR) is 41.9 cm³/mol. The SMILES string of the molecule is C=CC(CO)N1CC1(C)C. The minimum Gasteiger partial charge on any atom is -0.394 e. The van der Waals surface area contributed by atoms with Gasteiger partial charge < -0.3 is 5.11 Å². The zero-order valence-corrected chi connectivity index (χ0v) is 6.67. The van der Waals surface area contributed by atoms with Gasteiger partial charge in [0.25, 0.3) is 0 Å². The summed E-state index contributed by atoms with van der Waals surface area (Å²) in [6.07, 6.45) is 1.80. The highest BCUT2D eigenvalue weighted by atomic mass is 16.3. The Kier molecular flexibility index (Phi) is 1.84. The molecule has 0 bridgehead atoms. The fourth-order valence-electron chi connectivity index (χ4n) is 1.25. The van der Waals surface area contributed by atoms with Crippen LogP contribution in [0.15, 0.2) is 12.7 Å². The van der Waals surface area contributed by atoms with Crippen molar-refractivity contribution in [2.45, 2.75) is 25.4 Å². The highest BCUT2D eigenvalue weighted by Crippen LogP contribution is 2.33. The van der Waals surface area contributed by atoms with Crippen molar-refractivity contribution in [1.82, 2.24) is 4.90 Å². The molecule has 58 valence electrons. The molecule has 1 heterocycles. The van der Waals surface area contributed by atoms with Gasteiger partial charge >= 0.3 is 0 Å². The second-order valence-corrected chi connectivity index (χ2v) is 3.43. The van der Waals surface area contributed by atoms with Crippen molar-refractivity contribution < 1.29 is 5.11 Å². The first-order chi connectivity index (χ1) is 4.61. The van der Waals surface area contributed by atoms with Gasteiger partial charge in [-0.1, -0.05) is 6.08 Å². The minimum atomic E-state index is 0.162. The van der Waals surface area contributed by atoms with Crippen LogP contribution in [0.1, 0.15) is 13.8 Å². The van der Waals surface area contributed by atoms with E-state index in [2.05, 4.69) is 25.3 Å². The van der Waals surface area contributed by atoms with E-state index in [-0.39, 0.29) is 12.6 Å². The van der Waals surface area contributed by atoms with E-state index in [0.29, 0.717) is 5.54 Å². The van der Waals surface area contributed by atoms with Gasteiger partial charge in [-0.25, -0.2) is 0 Å². The van der Waals surface area contributed by atoms with Crippen LogP contribution in [-0.2, 0) is 0 Å². The molecule has 0 amide bonds. The number of nitrogens with zero attached hydrogens (tertiary/aromatic N) is 1. The van der Waals surface area contributed by atoms with E-state index < -0.39 is 0 Å². The molecule has 2 nitrogen and oxygen atoms in total. The molecule has 2 heteroatoms. The van der Waals surface area contributed by atoms with Crippen LogP contribution in [0.5, 0.6) is 0 Å². The summed E-state index contributed by atoms with van der Waals surface area (Å²) >= 11 is 0. The normalized spacial score (nSPS) is 31.3. The number of hydrogen-bond acceptors (Lipinski definition) is 2. The molecule has 0 spiro atoms. The van der Waals surface area contributed by atoms with E-state index >= 15 is 0 Å². The molecule has 1 fully saturated rings. The van der Waals surface area contributed by atoms with Crippen LogP contribution < -0.4 is 0 Å². The molecule has 0 aromatic carbocycles. The van der Waals surface area contributed by atoms with Crippen LogP contribution in [0, 0.1) is 0 Å². The molecule has 2 atom stereocenters. The Morgan fingerprint density at radius 3 is 2.40 bits per heavy atom. The van der Waals surface area contributed by atoms with E-state index in [1.54, 1.807) is 6.08 Å². The van der Waals surface area contributed by atoms with E-state index in [1.165, 1.54) is 0 Å². The predicted octanol–water partition coefficient (Wildman–Crippen LogP) is 0.627. The second-order valence-electron chi connectivity index (χ2n) is 3.43. The van der Waals surface area contributed by atoms with Gasteiger partial charge in [-0.2, -0.15) is 0 Å². The molecular formula is C8H15NO. The summed E-state index contributed by atoms with van der Waals surface area (Å²) in [5, 5.41) is 8.86. The molecular weight excluding hydrogens is 126 g/mol. The smallest absolute Gasteiger partial charge is 0.0622 e. The van der Waals surface area contributed by atoms with Crippen molar-refractivity contribution in [3.8, 4) is 0 Å². The Labute approximate surface area is 62.2 Å². The Balaban J connectivity index is 2.44. The lowest BCUT2D eigenvalue weighted by molar-refractivity contribution is 0.217. The van der Waals surface area contributed by atoms with Crippen LogP contribution in [-0.4, -0.2) is 34.7 Å². The van der Waals surface area contributed by atoms with Gasteiger partial charge in [0.2, 0.25) is 0 Å². The standard InChI is InChI=1S/C8H15NO/c1-4-7(5-10)9-6-8(9,2)3/h4,7,10H,1,5-6H2,2-3H3. The lowest BCUT2D eigenvalue weighted by Crippen LogP contribution is -2.24. The Bertz CT molecular complexity index is 142. The first kappa shape index (κ1) is 7.76. The monoisotopic (exact) mass is 141 g/mol. The summed E-state index contributed by atoms with van der Waals surface area (Å²) in [7, 11) is 0. The maximum absolute atomic E-state index is 8.86. The van der Waals surface area contributed by atoms with Gasteiger partial charge in [0.1, 0.15) is 0 Å². The molecule has 0 radical (unpaired) electrons. The molecule has 0 aliphatic carbocycles. The fourth-order valence-corrected chi connectivity index (χ4v) is 1.25. The van der Waals surface area contributed by atoms with Gasteiger partial charge in [-0.05, 0) is 13.8 Å². The summed E-state index contributed by atoms with van der Waals surface area (Å²) in [5.41, 5.74) is 0.293. The molecule has 1 aliphatic heterocycles. The van der Waals surface area contributed by atoms with Crippen LogP contribution in [0.25, 0.3) is 0 Å². The molecule has 0 aromatic rings. The van der Waals surface area contributed by atoms with Gasteiger partial charge in [0.05, 0.1) is 12.6 Å². The van der Waals surface area contributed by atoms with Crippen molar-refractivity contribution in [1.29, 1.82) is 0 Å². The van der Waals surface area contributed by atoms with Crippen LogP contribution in [0.3, 0.4) is 0 Å². The minimum absolute atomic E-state index is 0.162. The van der Waals surface area contributed by atoms with Gasteiger partial charge in [0, 0.05) is 12.1 Å². The molecule has 0 aromatic heterocycles. The Morgan fingerprint density at radius 2 is 2.30 bits per heavy atom. The van der Waals surface area contributed by atoms with Crippen molar-refractivity contribution in [3.63, 3.8) is 0 Å². The Hall–Kier alpha value is -0.340. The van der Waals surface area contributed by atoms with Crippen molar-refractivity contribution in [3.05, 3.63) is 12.7 Å². The first-order valence-electron chi connectivity index (χ1n) is 3.62. The highest BCUT2D eigenvalue weighted by Gasteiger charge is 2.45. The zero-order valence-electron chi connectivity index (χ0n) is 6.67. The third kappa shape index (κ3) is 1.22. The van der Waals surface area contributed by atoms with E-state index in [0.717, 1.165) is 6.54 Å². The lowest BCUT2D eigenvalue weighted by Gasteiger charge is -2.13. The van der Waals surface area contributed by atoms with Crippen molar-refractivity contribution >= 4 is 0 Å². The molecule has 2 unspecified atom stereocenters. The first-order valence-corrected chi connectivity index (χ1v) is 3.62. The van der Waals surface area contributed by atoms with E-state index in [9.17, 15) is 0 Å². The van der Waals surface area contributed by atoms with Crippen LogP contribution in [0.2, 0.25) is 0 Å². The quantitative estimate of drug-likeness (QED) is 0.460. The number of aliphatic hydroxyl groups excluding tert-OH is 1. The summed E-state index contributed by atoms with van der Waals surface area (Å²) < 4.78 is 0. The number of aliphatic hydroxyl groups is 1. The largest absolute Gasteiger partial charge is 0.394 e. The molecule has 1 saturated heterocycles. The van der Waals surface area contributed by atoms with E-state index in [1.807, 2.05) is 0 Å². The average molecular weight is 141 g/mol. The molecule has 1 N–H and O–H groups in total. The zero-order chi connectivity index (χ0) is 7.78. The highest BCUT2D eigenvalue weighted by molar-refractivity contribution is 5.07. The lowest BCUT2D eigenvalue weighted by atomic mass is 10.2. The molecule has 1 aliphatic rings. The topological polar surface area (TPSA) is 23.2 Å². The number of rotatable bonds is 3. The van der Waals surface area contributed by atoms with Gasteiger partial charge in [-0.15, -0.1) is 6.58 Å². The summed E-state index contributed by atoms with van der Waals surface area (Å²) in [5.74, 6) is 0. The van der Waals surface area contributed by atoms with Crippen LogP contribution >= 0.6 is 0 Å². The third-order valence-electron chi connectivity index (χ3n) is 2.09. The number of hydrogen-bond donors (Lipinski definition) is 1. The van der Waals surface area contributed by atoms with Crippen LogP contribution in [0.4, 0.5) is 0 Å². The van der Waals surface area contributed by atoms with Crippen molar-refractivity contribution in [2.75, 3.05) is 13.2 Å².